The molecule has 1 aromatic rings. The summed E-state index contributed by atoms with van der Waals surface area (Å²) in [7, 11) is 0.140. The molecule has 0 radical (unpaired) electrons. The first kappa shape index (κ1) is 16.5. The molecule has 0 aliphatic heterocycles. The number of nitrogens with zero attached hydrogens (tertiary/aromatic N) is 1. The molecule has 21 heavy (non-hydrogen) atoms. The third kappa shape index (κ3) is 3.30. The van der Waals surface area contributed by atoms with Crippen molar-refractivity contribution in [3.63, 3.8) is 0 Å². The maximum Gasteiger partial charge on any atom is 0.243 e. The van der Waals surface area contributed by atoms with E-state index in [4.69, 9.17) is 0 Å². The van der Waals surface area contributed by atoms with E-state index in [9.17, 15) is 8.42 Å². The van der Waals surface area contributed by atoms with Crippen LogP contribution in [0.2, 0.25) is 0 Å². The largest absolute Gasteiger partial charge is 0.316 e. The molecule has 0 amide bonds. The third-order valence-corrected chi connectivity index (χ3v) is 6.67. The van der Waals surface area contributed by atoms with Gasteiger partial charge in [0.25, 0.3) is 0 Å². The van der Waals surface area contributed by atoms with Crippen LogP contribution >= 0.6 is 0 Å². The molecule has 1 aliphatic carbocycles. The Morgan fingerprint density at radius 1 is 1.33 bits per heavy atom. The van der Waals surface area contributed by atoms with E-state index >= 15 is 0 Å². The molecule has 4 nitrogen and oxygen atoms in total. The highest BCUT2D eigenvalue weighted by Crippen LogP contribution is 2.37. The summed E-state index contributed by atoms with van der Waals surface area (Å²) in [5.74, 6) is 0.520. The van der Waals surface area contributed by atoms with Crippen molar-refractivity contribution in [3.05, 3.63) is 28.8 Å². The Labute approximate surface area is 128 Å². The van der Waals surface area contributed by atoms with Crippen LogP contribution in [0.5, 0.6) is 0 Å². The van der Waals surface area contributed by atoms with E-state index in [2.05, 4.69) is 11.4 Å². The summed E-state index contributed by atoms with van der Waals surface area (Å²) in [6.45, 7) is 6.54. The fourth-order valence-corrected chi connectivity index (χ4v) is 4.49. The minimum Gasteiger partial charge on any atom is -0.316 e. The van der Waals surface area contributed by atoms with E-state index in [1.165, 1.54) is 0 Å². The Balaban J connectivity index is 2.42. The van der Waals surface area contributed by atoms with Gasteiger partial charge in [-0.15, -0.1) is 0 Å². The summed E-state index contributed by atoms with van der Waals surface area (Å²) >= 11 is 0. The highest BCUT2D eigenvalue weighted by Gasteiger charge is 2.36. The Morgan fingerprint density at radius 3 is 2.48 bits per heavy atom. The zero-order chi connectivity index (χ0) is 15.8. The molecule has 1 saturated carbocycles. The van der Waals surface area contributed by atoms with Crippen LogP contribution in [-0.4, -0.2) is 32.9 Å². The zero-order valence-corrected chi connectivity index (χ0v) is 14.4. The Bertz CT molecular complexity index is 621. The van der Waals surface area contributed by atoms with Crippen LogP contribution in [0.1, 0.15) is 36.5 Å². The summed E-state index contributed by atoms with van der Waals surface area (Å²) < 4.78 is 27.4. The van der Waals surface area contributed by atoms with Gasteiger partial charge in [-0.3, -0.25) is 0 Å². The number of rotatable bonds is 6. The molecule has 1 atom stereocenters. The van der Waals surface area contributed by atoms with Crippen LogP contribution in [0.4, 0.5) is 0 Å². The maximum atomic E-state index is 12.9. The second-order valence-electron chi connectivity index (χ2n) is 6.17. The van der Waals surface area contributed by atoms with Crippen molar-refractivity contribution < 1.29 is 8.42 Å². The Kier molecular flexibility index (Phi) is 4.76. The molecule has 0 heterocycles. The van der Waals surface area contributed by atoms with Crippen molar-refractivity contribution in [3.8, 4) is 0 Å². The van der Waals surface area contributed by atoms with Gasteiger partial charge in [0.05, 0.1) is 4.90 Å². The van der Waals surface area contributed by atoms with Crippen molar-refractivity contribution >= 4 is 10.0 Å². The average Bonchev–Trinajstić information content (AvgIpc) is 3.25. The monoisotopic (exact) mass is 310 g/mol. The second kappa shape index (κ2) is 6.07. The van der Waals surface area contributed by atoms with Crippen LogP contribution in [0.3, 0.4) is 0 Å². The third-order valence-electron chi connectivity index (χ3n) is 4.60. The lowest BCUT2D eigenvalue weighted by molar-refractivity contribution is 0.356. The second-order valence-corrected chi connectivity index (χ2v) is 8.13. The number of hydrogen-bond acceptors (Lipinski definition) is 3. The molecule has 118 valence electrons. The number of aryl methyl sites for hydroxylation is 1. The lowest BCUT2D eigenvalue weighted by Gasteiger charge is -2.25. The molecule has 5 heteroatoms. The molecular weight excluding hydrogens is 284 g/mol. The van der Waals surface area contributed by atoms with Gasteiger partial charge < -0.3 is 5.32 Å². The minimum atomic E-state index is -3.43. The standard InChI is InChI=1S/C16H26N2O2S/c1-11-8-14(10-17-4)9-16(12(11)2)21(19,20)18(5)13(3)15-6-7-15/h8-9,13,15,17H,6-7,10H2,1-5H3. The summed E-state index contributed by atoms with van der Waals surface area (Å²) in [4.78, 5) is 0.447. The highest BCUT2D eigenvalue weighted by molar-refractivity contribution is 7.89. The van der Waals surface area contributed by atoms with Crippen LogP contribution < -0.4 is 5.32 Å². The van der Waals surface area contributed by atoms with Gasteiger partial charge in [0.2, 0.25) is 10.0 Å². The van der Waals surface area contributed by atoms with E-state index in [-0.39, 0.29) is 6.04 Å². The topological polar surface area (TPSA) is 49.4 Å². The lowest BCUT2D eigenvalue weighted by atomic mass is 10.1. The number of hydrogen-bond donors (Lipinski definition) is 1. The Hall–Kier alpha value is -0.910. The first-order chi connectivity index (χ1) is 9.78. The number of benzene rings is 1. The van der Waals surface area contributed by atoms with Gasteiger partial charge in [0.1, 0.15) is 0 Å². The van der Waals surface area contributed by atoms with Crippen molar-refractivity contribution in [2.24, 2.45) is 5.92 Å². The van der Waals surface area contributed by atoms with E-state index in [0.29, 0.717) is 17.4 Å². The van der Waals surface area contributed by atoms with E-state index in [0.717, 1.165) is 29.5 Å². The zero-order valence-electron chi connectivity index (χ0n) is 13.6. The molecule has 2 rings (SSSR count). The molecule has 0 bridgehead atoms. The van der Waals surface area contributed by atoms with Gasteiger partial charge in [0.15, 0.2) is 0 Å². The van der Waals surface area contributed by atoms with Crippen molar-refractivity contribution in [1.29, 1.82) is 0 Å². The van der Waals surface area contributed by atoms with Gasteiger partial charge in [-0.05, 0) is 69.3 Å². The summed E-state index contributed by atoms with van der Waals surface area (Å²) in [5, 5.41) is 3.08. The van der Waals surface area contributed by atoms with Crippen LogP contribution in [0, 0.1) is 19.8 Å². The van der Waals surface area contributed by atoms with E-state index in [1.807, 2.05) is 33.9 Å². The molecule has 1 unspecified atom stereocenters. The highest BCUT2D eigenvalue weighted by atomic mass is 32.2. The minimum absolute atomic E-state index is 0.0719. The van der Waals surface area contributed by atoms with E-state index in [1.54, 1.807) is 11.4 Å². The first-order valence-corrected chi connectivity index (χ1v) is 8.95. The van der Waals surface area contributed by atoms with Crippen molar-refractivity contribution in [2.45, 2.75) is 51.1 Å². The number of nitrogens with one attached hydrogen (secondary N) is 1. The Morgan fingerprint density at radius 2 is 1.95 bits per heavy atom. The molecule has 0 aromatic heterocycles. The fraction of sp³-hybridized carbons (Fsp3) is 0.625. The molecule has 1 aromatic carbocycles. The predicted molar refractivity (Wildman–Crippen MR) is 85.8 cm³/mol. The van der Waals surface area contributed by atoms with Crippen molar-refractivity contribution in [2.75, 3.05) is 14.1 Å². The quantitative estimate of drug-likeness (QED) is 0.878. The first-order valence-electron chi connectivity index (χ1n) is 7.51. The van der Waals surface area contributed by atoms with Gasteiger partial charge in [0, 0.05) is 19.6 Å². The van der Waals surface area contributed by atoms with Gasteiger partial charge >= 0.3 is 0 Å². The summed E-state index contributed by atoms with van der Waals surface area (Å²) in [6, 6.07) is 3.93. The molecule has 1 aliphatic rings. The SMILES string of the molecule is CNCc1cc(C)c(C)c(S(=O)(=O)N(C)C(C)C2CC2)c1. The number of sulfonamides is 1. The van der Waals surface area contributed by atoms with Gasteiger partial charge in [-0.25, -0.2) is 8.42 Å². The van der Waals surface area contributed by atoms with Crippen LogP contribution in [0.25, 0.3) is 0 Å². The summed E-state index contributed by atoms with van der Waals surface area (Å²) in [5.41, 5.74) is 2.88. The maximum absolute atomic E-state index is 12.9. The molecule has 1 N–H and O–H groups in total. The molecule has 0 saturated heterocycles. The normalized spacial score (nSPS) is 17.2. The lowest BCUT2D eigenvalue weighted by Crippen LogP contribution is -2.36. The van der Waals surface area contributed by atoms with Gasteiger partial charge in [-0.1, -0.05) is 6.07 Å². The van der Waals surface area contributed by atoms with Crippen LogP contribution in [0.15, 0.2) is 17.0 Å². The fourth-order valence-electron chi connectivity index (χ4n) is 2.72. The van der Waals surface area contributed by atoms with Crippen LogP contribution in [-0.2, 0) is 16.6 Å². The molecular formula is C16H26N2O2S. The van der Waals surface area contributed by atoms with Crippen molar-refractivity contribution in [1.82, 2.24) is 9.62 Å². The van der Waals surface area contributed by atoms with Gasteiger partial charge in [-0.2, -0.15) is 4.31 Å². The predicted octanol–water partition coefficient (Wildman–Crippen LogP) is 2.44. The molecule has 1 fully saturated rings. The smallest absolute Gasteiger partial charge is 0.243 e. The average molecular weight is 310 g/mol. The van der Waals surface area contributed by atoms with E-state index < -0.39 is 10.0 Å². The summed E-state index contributed by atoms with van der Waals surface area (Å²) in [6.07, 6.45) is 2.28. The molecule has 0 spiro atoms.